The number of unbranched alkanes of at least 4 members (excludes halogenated alkanes) is 2. The van der Waals surface area contributed by atoms with Gasteiger partial charge in [0.25, 0.3) is 0 Å². The molecule has 6 heteroatoms. The van der Waals surface area contributed by atoms with Crippen LogP contribution in [0.3, 0.4) is 0 Å². The lowest BCUT2D eigenvalue weighted by Crippen LogP contribution is -2.45. The molecule has 1 aliphatic rings. The van der Waals surface area contributed by atoms with E-state index in [9.17, 15) is 13.2 Å². The van der Waals surface area contributed by atoms with Crippen molar-refractivity contribution in [1.82, 2.24) is 4.90 Å². The molecule has 0 spiro atoms. The molecule has 1 aromatic rings. The van der Waals surface area contributed by atoms with Crippen LogP contribution < -0.4 is 4.74 Å². The van der Waals surface area contributed by atoms with Gasteiger partial charge in [-0.05, 0) is 56.5 Å². The van der Waals surface area contributed by atoms with Gasteiger partial charge in [0.15, 0.2) is 0 Å². The SMILES string of the molecule is CCCCCN1CC[C@@H](CCOc2cccc(C(F)(F)F)c2)[C@H](OC)C1. The lowest BCUT2D eigenvalue weighted by molar-refractivity contribution is -0.137. The average molecular weight is 373 g/mol. The Kier molecular flexibility index (Phi) is 8.22. The summed E-state index contributed by atoms with van der Waals surface area (Å²) in [5, 5.41) is 0. The van der Waals surface area contributed by atoms with E-state index in [0.717, 1.165) is 44.6 Å². The number of likely N-dealkylation sites (tertiary alicyclic amines) is 1. The van der Waals surface area contributed by atoms with Crippen molar-refractivity contribution >= 4 is 0 Å². The first-order valence-electron chi connectivity index (χ1n) is 9.49. The molecule has 1 heterocycles. The van der Waals surface area contributed by atoms with Crippen molar-refractivity contribution in [3.63, 3.8) is 0 Å². The number of rotatable bonds is 9. The number of methoxy groups -OCH3 is 1. The first-order valence-corrected chi connectivity index (χ1v) is 9.49. The number of ether oxygens (including phenoxy) is 2. The molecule has 26 heavy (non-hydrogen) atoms. The van der Waals surface area contributed by atoms with Gasteiger partial charge in [-0.25, -0.2) is 0 Å². The van der Waals surface area contributed by atoms with Crippen LogP contribution in [0.25, 0.3) is 0 Å². The van der Waals surface area contributed by atoms with Gasteiger partial charge in [0.05, 0.1) is 18.3 Å². The maximum atomic E-state index is 12.7. The predicted molar refractivity (Wildman–Crippen MR) is 96.4 cm³/mol. The zero-order valence-corrected chi connectivity index (χ0v) is 15.7. The number of alkyl halides is 3. The molecule has 1 aromatic carbocycles. The molecule has 0 aromatic heterocycles. The van der Waals surface area contributed by atoms with Crippen molar-refractivity contribution in [2.45, 2.75) is 51.3 Å². The van der Waals surface area contributed by atoms with Crippen LogP contribution in [0, 0.1) is 5.92 Å². The molecule has 0 N–H and O–H groups in total. The van der Waals surface area contributed by atoms with E-state index in [1.165, 1.54) is 25.3 Å². The number of nitrogens with zero attached hydrogens (tertiary/aromatic N) is 1. The van der Waals surface area contributed by atoms with Crippen LogP contribution in [0.2, 0.25) is 0 Å². The summed E-state index contributed by atoms with van der Waals surface area (Å²) in [6, 6.07) is 5.07. The summed E-state index contributed by atoms with van der Waals surface area (Å²) in [5.74, 6) is 0.652. The average Bonchev–Trinajstić information content (AvgIpc) is 2.62. The number of hydrogen-bond acceptors (Lipinski definition) is 3. The van der Waals surface area contributed by atoms with Crippen LogP contribution in [0.4, 0.5) is 13.2 Å². The van der Waals surface area contributed by atoms with Gasteiger partial charge in [0.2, 0.25) is 0 Å². The fraction of sp³-hybridized carbons (Fsp3) is 0.700. The predicted octanol–water partition coefficient (Wildman–Crippen LogP) is 5.00. The fourth-order valence-corrected chi connectivity index (χ4v) is 3.51. The van der Waals surface area contributed by atoms with E-state index in [1.807, 2.05) is 0 Å². The van der Waals surface area contributed by atoms with Crippen molar-refractivity contribution in [2.24, 2.45) is 5.92 Å². The first-order chi connectivity index (χ1) is 12.4. The Morgan fingerprint density at radius 2 is 2.04 bits per heavy atom. The molecule has 2 atom stereocenters. The van der Waals surface area contributed by atoms with Gasteiger partial charge in [-0.2, -0.15) is 13.2 Å². The second kappa shape index (κ2) is 10.2. The lowest BCUT2D eigenvalue weighted by Gasteiger charge is -2.37. The van der Waals surface area contributed by atoms with Crippen LogP contribution in [0.15, 0.2) is 24.3 Å². The highest BCUT2D eigenvalue weighted by Crippen LogP contribution is 2.31. The Hall–Kier alpha value is -1.27. The van der Waals surface area contributed by atoms with Crippen LogP contribution >= 0.6 is 0 Å². The third-order valence-electron chi connectivity index (χ3n) is 5.08. The van der Waals surface area contributed by atoms with Crippen molar-refractivity contribution in [3.8, 4) is 5.75 Å². The normalized spacial score (nSPS) is 21.7. The van der Waals surface area contributed by atoms with Crippen LogP contribution in [-0.2, 0) is 10.9 Å². The van der Waals surface area contributed by atoms with E-state index in [-0.39, 0.29) is 11.9 Å². The highest BCUT2D eigenvalue weighted by atomic mass is 19.4. The standard InChI is InChI=1S/C20H30F3NO2/c1-3-4-5-11-24-12-9-16(19(15-24)25-2)10-13-26-18-8-6-7-17(14-18)20(21,22)23/h6-8,14,16,19H,3-5,9-13,15H2,1-2H3/t16-,19+/m0/s1. The van der Waals surface area contributed by atoms with Gasteiger partial charge >= 0.3 is 6.18 Å². The van der Waals surface area contributed by atoms with Crippen LogP contribution in [0.5, 0.6) is 5.75 Å². The summed E-state index contributed by atoms with van der Waals surface area (Å²) in [7, 11) is 1.74. The van der Waals surface area contributed by atoms with E-state index in [2.05, 4.69) is 11.8 Å². The molecule has 1 fully saturated rings. The van der Waals surface area contributed by atoms with E-state index in [1.54, 1.807) is 13.2 Å². The highest BCUT2D eigenvalue weighted by molar-refractivity contribution is 5.30. The second-order valence-corrected chi connectivity index (χ2v) is 6.99. The summed E-state index contributed by atoms with van der Waals surface area (Å²) in [4.78, 5) is 2.45. The Labute approximate surface area is 154 Å². The smallest absolute Gasteiger partial charge is 0.416 e. The van der Waals surface area contributed by atoms with Crippen molar-refractivity contribution in [3.05, 3.63) is 29.8 Å². The van der Waals surface area contributed by atoms with Gasteiger partial charge in [-0.15, -0.1) is 0 Å². The number of halogens is 3. The maximum Gasteiger partial charge on any atom is 0.416 e. The first kappa shape index (κ1) is 21.0. The monoisotopic (exact) mass is 373 g/mol. The zero-order valence-electron chi connectivity index (χ0n) is 15.7. The highest BCUT2D eigenvalue weighted by Gasteiger charge is 2.31. The summed E-state index contributed by atoms with van der Waals surface area (Å²) in [6.07, 6.45) is 1.34. The molecule has 2 rings (SSSR count). The Balaban J connectivity index is 1.78. The minimum Gasteiger partial charge on any atom is -0.494 e. The topological polar surface area (TPSA) is 21.7 Å². The third-order valence-corrected chi connectivity index (χ3v) is 5.08. The Morgan fingerprint density at radius 1 is 1.23 bits per heavy atom. The lowest BCUT2D eigenvalue weighted by atomic mass is 9.90. The van der Waals surface area contributed by atoms with E-state index in [4.69, 9.17) is 9.47 Å². The molecular formula is C20H30F3NO2. The van der Waals surface area contributed by atoms with Crippen molar-refractivity contribution in [1.29, 1.82) is 0 Å². The molecule has 1 aliphatic heterocycles. The quantitative estimate of drug-likeness (QED) is 0.569. The zero-order chi connectivity index (χ0) is 19.0. The van der Waals surface area contributed by atoms with Gasteiger partial charge in [0.1, 0.15) is 5.75 Å². The van der Waals surface area contributed by atoms with Gasteiger partial charge in [0, 0.05) is 13.7 Å². The van der Waals surface area contributed by atoms with E-state index in [0.29, 0.717) is 12.5 Å². The molecular weight excluding hydrogens is 343 g/mol. The van der Waals surface area contributed by atoms with E-state index >= 15 is 0 Å². The molecule has 0 unspecified atom stereocenters. The third kappa shape index (κ3) is 6.47. The summed E-state index contributed by atoms with van der Waals surface area (Å²) in [5.41, 5.74) is -0.676. The number of piperidine rings is 1. The molecule has 0 bridgehead atoms. The Morgan fingerprint density at radius 3 is 2.73 bits per heavy atom. The minimum atomic E-state index is -4.34. The summed E-state index contributed by atoms with van der Waals surface area (Å²) < 4.78 is 49.5. The maximum absolute atomic E-state index is 12.7. The largest absolute Gasteiger partial charge is 0.494 e. The van der Waals surface area contributed by atoms with Crippen molar-refractivity contribution in [2.75, 3.05) is 33.4 Å². The molecule has 148 valence electrons. The summed E-state index contributed by atoms with van der Waals surface area (Å²) >= 11 is 0. The molecule has 0 aliphatic carbocycles. The minimum absolute atomic E-state index is 0.162. The van der Waals surface area contributed by atoms with Crippen LogP contribution in [-0.4, -0.2) is 44.4 Å². The molecule has 3 nitrogen and oxygen atoms in total. The van der Waals surface area contributed by atoms with Crippen LogP contribution in [0.1, 0.15) is 44.6 Å². The molecule has 1 saturated heterocycles. The summed E-state index contributed by atoms with van der Waals surface area (Å²) in [6.45, 7) is 5.70. The van der Waals surface area contributed by atoms with Gasteiger partial charge in [-0.1, -0.05) is 25.8 Å². The van der Waals surface area contributed by atoms with E-state index < -0.39 is 11.7 Å². The molecule has 0 radical (unpaired) electrons. The molecule has 0 amide bonds. The number of hydrogen-bond donors (Lipinski definition) is 0. The second-order valence-electron chi connectivity index (χ2n) is 6.99. The van der Waals surface area contributed by atoms with Gasteiger partial charge in [-0.3, -0.25) is 0 Å². The van der Waals surface area contributed by atoms with Gasteiger partial charge < -0.3 is 14.4 Å². The fourth-order valence-electron chi connectivity index (χ4n) is 3.51. The molecule has 0 saturated carbocycles. The van der Waals surface area contributed by atoms with Crippen molar-refractivity contribution < 1.29 is 22.6 Å². The Bertz CT molecular complexity index is 536. The number of benzene rings is 1.